The average Bonchev–Trinajstić information content (AvgIpc) is 2.45. The van der Waals surface area contributed by atoms with Crippen LogP contribution in [0.15, 0.2) is 29.1 Å². The van der Waals surface area contributed by atoms with Gasteiger partial charge in [0.1, 0.15) is 0 Å². The highest BCUT2D eigenvalue weighted by Crippen LogP contribution is 2.15. The van der Waals surface area contributed by atoms with Crippen LogP contribution in [0.4, 0.5) is 0 Å². The summed E-state index contributed by atoms with van der Waals surface area (Å²) in [5.74, 6) is -1.55. The van der Waals surface area contributed by atoms with Crippen LogP contribution in [0.3, 0.4) is 0 Å². The minimum Gasteiger partial charge on any atom is -0.451 e. The van der Waals surface area contributed by atoms with E-state index in [1.165, 1.54) is 4.68 Å². The first-order valence-corrected chi connectivity index (χ1v) is 6.38. The molecule has 0 atom stereocenters. The molecule has 0 fully saturated rings. The summed E-state index contributed by atoms with van der Waals surface area (Å²) in [6.45, 7) is 3.03. The molecule has 0 saturated heterocycles. The molecule has 0 radical (unpaired) electrons. The molecule has 0 bridgehead atoms. The van der Waals surface area contributed by atoms with Crippen LogP contribution in [0.1, 0.15) is 30.4 Å². The molecule has 2 N–H and O–H groups in total. The van der Waals surface area contributed by atoms with Gasteiger partial charge in [-0.05, 0) is 19.9 Å². The van der Waals surface area contributed by atoms with E-state index in [0.29, 0.717) is 10.8 Å². The van der Waals surface area contributed by atoms with Crippen LogP contribution in [0.25, 0.3) is 10.8 Å². The van der Waals surface area contributed by atoms with Crippen molar-refractivity contribution in [1.29, 1.82) is 0 Å². The second kappa shape index (κ2) is 5.74. The van der Waals surface area contributed by atoms with Gasteiger partial charge in [0.2, 0.25) is 0 Å². The zero-order chi connectivity index (χ0) is 15.6. The van der Waals surface area contributed by atoms with Crippen molar-refractivity contribution in [2.24, 2.45) is 5.73 Å². The first-order chi connectivity index (χ1) is 9.91. The van der Waals surface area contributed by atoms with Gasteiger partial charge in [0.15, 0.2) is 12.3 Å². The highest BCUT2D eigenvalue weighted by atomic mass is 16.5. The van der Waals surface area contributed by atoms with Crippen molar-refractivity contribution < 1.29 is 14.3 Å². The first kappa shape index (κ1) is 14.7. The molecule has 1 aromatic carbocycles. The van der Waals surface area contributed by atoms with Crippen LogP contribution in [0.2, 0.25) is 0 Å². The predicted molar refractivity (Wildman–Crippen MR) is 75.9 cm³/mol. The van der Waals surface area contributed by atoms with Gasteiger partial charge in [0, 0.05) is 5.39 Å². The lowest BCUT2D eigenvalue weighted by molar-refractivity contribution is -0.121. The van der Waals surface area contributed by atoms with Gasteiger partial charge in [-0.25, -0.2) is 9.48 Å². The average molecular weight is 289 g/mol. The van der Waals surface area contributed by atoms with E-state index >= 15 is 0 Å². The van der Waals surface area contributed by atoms with Crippen LogP contribution in [-0.4, -0.2) is 28.3 Å². The quantitative estimate of drug-likeness (QED) is 0.831. The Kier molecular flexibility index (Phi) is 4.02. The number of amides is 1. The molecule has 2 rings (SSSR count). The number of fused-ring (bicyclic) bond motifs is 1. The number of hydrogen-bond donors (Lipinski definition) is 1. The molecule has 0 saturated carbocycles. The number of esters is 1. The Morgan fingerprint density at radius 1 is 1.29 bits per heavy atom. The molecule has 0 aliphatic carbocycles. The highest BCUT2D eigenvalue weighted by molar-refractivity contribution is 6.02. The molecule has 21 heavy (non-hydrogen) atoms. The number of rotatable bonds is 4. The van der Waals surface area contributed by atoms with Crippen molar-refractivity contribution >= 4 is 22.6 Å². The fourth-order valence-electron chi connectivity index (χ4n) is 1.91. The lowest BCUT2D eigenvalue weighted by Crippen LogP contribution is -2.29. The maximum Gasteiger partial charge on any atom is 0.359 e. The molecule has 0 unspecified atom stereocenters. The molecule has 7 nitrogen and oxygen atoms in total. The summed E-state index contributed by atoms with van der Waals surface area (Å²) < 4.78 is 5.99. The molecule has 110 valence electrons. The molecule has 0 aliphatic rings. The number of nitrogens with zero attached hydrogens (tertiary/aromatic N) is 2. The van der Waals surface area contributed by atoms with E-state index in [-0.39, 0.29) is 17.3 Å². The molecule has 0 aliphatic heterocycles. The molecular weight excluding hydrogens is 274 g/mol. The molecule has 0 spiro atoms. The summed E-state index contributed by atoms with van der Waals surface area (Å²) in [6.07, 6.45) is 0. The van der Waals surface area contributed by atoms with Crippen molar-refractivity contribution in [3.8, 4) is 0 Å². The van der Waals surface area contributed by atoms with Crippen molar-refractivity contribution in [2.75, 3.05) is 6.61 Å². The van der Waals surface area contributed by atoms with Crippen molar-refractivity contribution in [2.45, 2.75) is 19.9 Å². The fourth-order valence-corrected chi connectivity index (χ4v) is 1.91. The van der Waals surface area contributed by atoms with Crippen LogP contribution >= 0.6 is 0 Å². The highest BCUT2D eigenvalue weighted by Gasteiger charge is 2.19. The lowest BCUT2D eigenvalue weighted by atomic mass is 10.1. The zero-order valence-electron chi connectivity index (χ0n) is 11.7. The van der Waals surface area contributed by atoms with Gasteiger partial charge in [0.05, 0.1) is 11.4 Å². The number of hydrogen-bond acceptors (Lipinski definition) is 5. The van der Waals surface area contributed by atoms with Gasteiger partial charge in [-0.15, -0.1) is 0 Å². The van der Waals surface area contributed by atoms with Gasteiger partial charge in [0.25, 0.3) is 11.5 Å². The Hall–Kier alpha value is -2.70. The molecular formula is C14H15N3O4. The van der Waals surface area contributed by atoms with Crippen LogP contribution in [0.5, 0.6) is 0 Å². The topological polar surface area (TPSA) is 104 Å². The Morgan fingerprint density at radius 3 is 2.48 bits per heavy atom. The summed E-state index contributed by atoms with van der Waals surface area (Å²) in [4.78, 5) is 35.0. The van der Waals surface area contributed by atoms with E-state index in [1.54, 1.807) is 38.1 Å². The van der Waals surface area contributed by atoms with Crippen molar-refractivity contribution in [3.05, 3.63) is 40.3 Å². The maximum atomic E-state index is 12.3. The van der Waals surface area contributed by atoms with Crippen LogP contribution in [-0.2, 0) is 9.53 Å². The normalized spacial score (nSPS) is 10.8. The zero-order valence-corrected chi connectivity index (χ0v) is 11.7. The summed E-state index contributed by atoms with van der Waals surface area (Å²) >= 11 is 0. The maximum absolute atomic E-state index is 12.3. The van der Waals surface area contributed by atoms with E-state index < -0.39 is 18.5 Å². The standard InChI is InChI=1S/C14H15N3O4/c1-8(2)17-13(19)10-6-4-3-5-9(10)12(16-17)14(20)21-7-11(15)18/h3-6,8H,7H2,1-2H3,(H2,15,18). The van der Waals surface area contributed by atoms with Gasteiger partial charge in [-0.2, -0.15) is 5.10 Å². The monoisotopic (exact) mass is 289 g/mol. The Morgan fingerprint density at radius 2 is 1.90 bits per heavy atom. The number of ether oxygens (including phenoxy) is 1. The Bertz CT molecular complexity index is 764. The SMILES string of the molecule is CC(C)n1nc(C(=O)OCC(N)=O)c2ccccc2c1=O. The van der Waals surface area contributed by atoms with E-state index in [0.717, 1.165) is 0 Å². The van der Waals surface area contributed by atoms with Gasteiger partial charge in [-0.1, -0.05) is 18.2 Å². The first-order valence-electron chi connectivity index (χ1n) is 6.38. The smallest absolute Gasteiger partial charge is 0.359 e. The van der Waals surface area contributed by atoms with E-state index in [4.69, 9.17) is 10.5 Å². The number of nitrogens with two attached hydrogens (primary N) is 1. The number of aromatic nitrogens is 2. The molecule has 2 aromatic rings. The third-order valence-electron chi connectivity index (χ3n) is 2.86. The largest absolute Gasteiger partial charge is 0.451 e. The third-order valence-corrected chi connectivity index (χ3v) is 2.86. The number of benzene rings is 1. The summed E-state index contributed by atoms with van der Waals surface area (Å²) in [5, 5.41) is 4.81. The van der Waals surface area contributed by atoms with E-state index in [9.17, 15) is 14.4 Å². The van der Waals surface area contributed by atoms with Crippen molar-refractivity contribution in [3.63, 3.8) is 0 Å². The molecule has 1 aromatic heterocycles. The number of primary amides is 1. The Balaban J connectivity index is 2.62. The lowest BCUT2D eigenvalue weighted by Gasteiger charge is -2.12. The number of carbonyl (C=O) groups excluding carboxylic acids is 2. The van der Waals surface area contributed by atoms with Crippen molar-refractivity contribution in [1.82, 2.24) is 9.78 Å². The minimum absolute atomic E-state index is 0.0137. The summed E-state index contributed by atoms with van der Waals surface area (Å²) in [7, 11) is 0. The predicted octanol–water partition coefficient (Wildman–Crippen LogP) is 0.620. The minimum atomic E-state index is -0.792. The molecule has 1 amide bonds. The molecule has 7 heteroatoms. The second-order valence-electron chi connectivity index (χ2n) is 4.78. The van der Waals surface area contributed by atoms with Gasteiger partial charge >= 0.3 is 5.97 Å². The van der Waals surface area contributed by atoms with Crippen LogP contribution < -0.4 is 11.3 Å². The second-order valence-corrected chi connectivity index (χ2v) is 4.78. The Labute approximate surface area is 120 Å². The van der Waals surface area contributed by atoms with Gasteiger partial charge in [-0.3, -0.25) is 9.59 Å². The van der Waals surface area contributed by atoms with Gasteiger partial charge < -0.3 is 10.5 Å². The summed E-state index contributed by atoms with van der Waals surface area (Å²) in [5.41, 5.74) is 4.64. The van der Waals surface area contributed by atoms with E-state index in [2.05, 4.69) is 5.10 Å². The van der Waals surface area contributed by atoms with Crippen LogP contribution in [0, 0.1) is 0 Å². The fraction of sp³-hybridized carbons (Fsp3) is 0.286. The number of carbonyl (C=O) groups is 2. The summed E-state index contributed by atoms with van der Waals surface area (Å²) in [6, 6.07) is 6.39. The van der Waals surface area contributed by atoms with E-state index in [1.807, 2.05) is 0 Å². The third kappa shape index (κ3) is 2.91. The molecule has 1 heterocycles.